The molecule has 2 rings (SSSR count). The van der Waals surface area contributed by atoms with E-state index in [0.717, 1.165) is 11.1 Å². The minimum atomic E-state index is -1.06. The van der Waals surface area contributed by atoms with Crippen LogP contribution >= 0.6 is 0 Å². The van der Waals surface area contributed by atoms with E-state index < -0.39 is 17.9 Å². The molecule has 1 N–H and O–H groups in total. The molecule has 0 aliphatic carbocycles. The van der Waals surface area contributed by atoms with Crippen molar-refractivity contribution in [2.45, 2.75) is 39.7 Å². The summed E-state index contributed by atoms with van der Waals surface area (Å²) in [4.78, 5) is 25.8. The molecule has 0 fully saturated rings. The Balaban J connectivity index is 2.63. The number of rotatable bonds is 6. The van der Waals surface area contributed by atoms with E-state index in [0.29, 0.717) is 18.5 Å². The molecule has 1 unspecified atom stereocenters. The first-order valence-corrected chi connectivity index (χ1v) is 7.71. The Kier molecular flexibility index (Phi) is 5.21. The molecule has 0 aliphatic rings. The second kappa shape index (κ2) is 7.13. The monoisotopic (exact) mass is 315 g/mol. The fraction of sp³-hybridized carbons (Fsp3) is 0.333. The Bertz CT molecular complexity index is 669. The summed E-state index contributed by atoms with van der Waals surface area (Å²) in [6.07, 6.45) is 2.82. The van der Waals surface area contributed by atoms with E-state index >= 15 is 0 Å². The molecule has 1 aromatic carbocycles. The van der Waals surface area contributed by atoms with Crippen LogP contribution in [0.25, 0.3) is 0 Å². The standard InChI is InChI=1S/C18H21NO4/c1-4-13-8-6-9-14(5-2)16(13)19(12(3)18(21)22)17(20)15-10-7-11-23-15/h6-12H,4-5H2,1-3H3,(H,21,22). The predicted molar refractivity (Wildman–Crippen MR) is 87.8 cm³/mol. The van der Waals surface area contributed by atoms with Crippen LogP contribution in [0.2, 0.25) is 0 Å². The molecule has 0 radical (unpaired) electrons. The number of carbonyl (C=O) groups is 2. The van der Waals surface area contributed by atoms with Gasteiger partial charge in [0.05, 0.1) is 12.0 Å². The Morgan fingerprint density at radius 1 is 1.13 bits per heavy atom. The average Bonchev–Trinajstić information content (AvgIpc) is 3.09. The minimum absolute atomic E-state index is 0.131. The highest BCUT2D eigenvalue weighted by atomic mass is 16.4. The first kappa shape index (κ1) is 16.8. The van der Waals surface area contributed by atoms with Gasteiger partial charge in [0.1, 0.15) is 6.04 Å². The number of carboxylic acid groups (broad SMARTS) is 1. The SMILES string of the molecule is CCc1cccc(CC)c1N(C(=O)c1ccco1)C(C)C(=O)O. The quantitative estimate of drug-likeness (QED) is 0.885. The van der Waals surface area contributed by atoms with Gasteiger partial charge in [-0.25, -0.2) is 4.79 Å². The Morgan fingerprint density at radius 3 is 2.17 bits per heavy atom. The number of nitrogens with zero attached hydrogens (tertiary/aromatic N) is 1. The molecule has 5 nitrogen and oxygen atoms in total. The van der Waals surface area contributed by atoms with Crippen molar-refractivity contribution in [3.05, 3.63) is 53.5 Å². The summed E-state index contributed by atoms with van der Waals surface area (Å²) in [6, 6.07) is 7.94. The highest BCUT2D eigenvalue weighted by molar-refractivity contribution is 6.08. The zero-order valence-corrected chi connectivity index (χ0v) is 13.6. The van der Waals surface area contributed by atoms with Gasteiger partial charge in [0.2, 0.25) is 0 Å². The van der Waals surface area contributed by atoms with Gasteiger partial charge in [0.15, 0.2) is 5.76 Å². The van der Waals surface area contributed by atoms with Crippen LogP contribution in [0.15, 0.2) is 41.0 Å². The zero-order chi connectivity index (χ0) is 17.0. The van der Waals surface area contributed by atoms with Crippen LogP contribution < -0.4 is 4.90 Å². The van der Waals surface area contributed by atoms with Gasteiger partial charge < -0.3 is 9.52 Å². The number of carboxylic acids is 1. The lowest BCUT2D eigenvalue weighted by Gasteiger charge is -2.30. The number of benzene rings is 1. The topological polar surface area (TPSA) is 70.8 Å². The van der Waals surface area contributed by atoms with Gasteiger partial charge in [0.25, 0.3) is 5.91 Å². The third-order valence-electron chi connectivity index (χ3n) is 3.90. The molecule has 1 heterocycles. The van der Waals surface area contributed by atoms with E-state index in [1.54, 1.807) is 12.1 Å². The van der Waals surface area contributed by atoms with E-state index in [4.69, 9.17) is 4.42 Å². The number of hydrogen-bond donors (Lipinski definition) is 1. The van der Waals surface area contributed by atoms with Crippen molar-refractivity contribution in [3.8, 4) is 0 Å². The summed E-state index contributed by atoms with van der Waals surface area (Å²) in [5, 5.41) is 9.46. The lowest BCUT2D eigenvalue weighted by Crippen LogP contribution is -2.44. The summed E-state index contributed by atoms with van der Waals surface area (Å²) in [7, 11) is 0. The molecule has 0 bridgehead atoms. The summed E-state index contributed by atoms with van der Waals surface area (Å²) < 4.78 is 5.19. The minimum Gasteiger partial charge on any atom is -0.480 e. The first-order chi connectivity index (χ1) is 11.0. The number of amides is 1. The van der Waals surface area contributed by atoms with Gasteiger partial charge in [-0.3, -0.25) is 9.69 Å². The fourth-order valence-corrected chi connectivity index (χ4v) is 2.63. The van der Waals surface area contributed by atoms with Crippen LogP contribution in [0.1, 0.15) is 42.5 Å². The number of carbonyl (C=O) groups excluding carboxylic acids is 1. The molecular weight excluding hydrogens is 294 g/mol. The third-order valence-corrected chi connectivity index (χ3v) is 3.90. The highest BCUT2D eigenvalue weighted by Crippen LogP contribution is 2.30. The number of para-hydroxylation sites is 1. The molecule has 122 valence electrons. The Hall–Kier alpha value is -2.56. The fourth-order valence-electron chi connectivity index (χ4n) is 2.63. The van der Waals surface area contributed by atoms with E-state index in [1.165, 1.54) is 18.1 Å². The number of hydrogen-bond acceptors (Lipinski definition) is 3. The molecular formula is C18H21NO4. The summed E-state index contributed by atoms with van der Waals surface area (Å²) in [5.41, 5.74) is 2.56. The molecule has 0 saturated heterocycles. The molecule has 0 spiro atoms. The van der Waals surface area contributed by atoms with Crippen molar-refractivity contribution in [2.75, 3.05) is 4.90 Å². The normalized spacial score (nSPS) is 12.0. The smallest absolute Gasteiger partial charge is 0.326 e. The number of aliphatic carboxylic acids is 1. The molecule has 23 heavy (non-hydrogen) atoms. The molecule has 2 aromatic rings. The average molecular weight is 315 g/mol. The Labute approximate surface area is 135 Å². The number of aryl methyl sites for hydroxylation is 2. The van der Waals surface area contributed by atoms with Crippen LogP contribution in [0.4, 0.5) is 5.69 Å². The van der Waals surface area contributed by atoms with Crippen molar-refractivity contribution in [2.24, 2.45) is 0 Å². The van der Waals surface area contributed by atoms with Crippen LogP contribution in [0, 0.1) is 0 Å². The molecule has 5 heteroatoms. The second-order valence-corrected chi connectivity index (χ2v) is 5.30. The van der Waals surface area contributed by atoms with Crippen molar-refractivity contribution in [3.63, 3.8) is 0 Å². The third kappa shape index (κ3) is 3.28. The van der Waals surface area contributed by atoms with E-state index in [9.17, 15) is 14.7 Å². The van der Waals surface area contributed by atoms with Gasteiger partial charge >= 0.3 is 5.97 Å². The van der Waals surface area contributed by atoms with Crippen LogP contribution in [0.3, 0.4) is 0 Å². The highest BCUT2D eigenvalue weighted by Gasteiger charge is 2.32. The first-order valence-electron chi connectivity index (χ1n) is 7.71. The lowest BCUT2D eigenvalue weighted by molar-refractivity contribution is -0.138. The number of anilines is 1. The second-order valence-electron chi connectivity index (χ2n) is 5.30. The molecule has 1 atom stereocenters. The van der Waals surface area contributed by atoms with E-state index in [2.05, 4.69) is 0 Å². The summed E-state index contributed by atoms with van der Waals surface area (Å²) in [6.45, 7) is 5.48. The van der Waals surface area contributed by atoms with Crippen molar-refractivity contribution in [1.82, 2.24) is 0 Å². The Morgan fingerprint density at radius 2 is 1.74 bits per heavy atom. The summed E-state index contributed by atoms with van der Waals surface area (Å²) >= 11 is 0. The molecule has 0 saturated carbocycles. The molecule has 0 aliphatic heterocycles. The molecule has 1 aromatic heterocycles. The van der Waals surface area contributed by atoms with Gasteiger partial charge in [-0.2, -0.15) is 0 Å². The van der Waals surface area contributed by atoms with Crippen LogP contribution in [-0.4, -0.2) is 23.0 Å². The predicted octanol–water partition coefficient (Wildman–Crippen LogP) is 3.52. The largest absolute Gasteiger partial charge is 0.480 e. The maximum absolute atomic E-state index is 12.9. The van der Waals surface area contributed by atoms with Gasteiger partial charge in [-0.15, -0.1) is 0 Å². The van der Waals surface area contributed by atoms with Gasteiger partial charge in [-0.1, -0.05) is 32.0 Å². The van der Waals surface area contributed by atoms with Crippen LogP contribution in [-0.2, 0) is 17.6 Å². The van der Waals surface area contributed by atoms with Crippen molar-refractivity contribution < 1.29 is 19.1 Å². The summed E-state index contributed by atoms with van der Waals surface area (Å²) in [5.74, 6) is -1.37. The molecule has 1 amide bonds. The van der Waals surface area contributed by atoms with Crippen molar-refractivity contribution in [1.29, 1.82) is 0 Å². The van der Waals surface area contributed by atoms with Crippen molar-refractivity contribution >= 4 is 17.6 Å². The number of furan rings is 1. The maximum atomic E-state index is 12.9. The van der Waals surface area contributed by atoms with Gasteiger partial charge in [-0.05, 0) is 43.0 Å². The van der Waals surface area contributed by atoms with Crippen LogP contribution in [0.5, 0.6) is 0 Å². The zero-order valence-electron chi connectivity index (χ0n) is 13.6. The van der Waals surface area contributed by atoms with Gasteiger partial charge in [0, 0.05) is 0 Å². The lowest BCUT2D eigenvalue weighted by atomic mass is 10.00. The van der Waals surface area contributed by atoms with E-state index in [-0.39, 0.29) is 5.76 Å². The van der Waals surface area contributed by atoms with E-state index in [1.807, 2.05) is 32.0 Å². The maximum Gasteiger partial charge on any atom is 0.326 e.